The third kappa shape index (κ3) is 4.14. The third-order valence-corrected chi connectivity index (χ3v) is 5.38. The first kappa shape index (κ1) is 17.4. The smallest absolute Gasteiger partial charge is 0.246 e. The van der Waals surface area contributed by atoms with Crippen molar-refractivity contribution >= 4 is 29.2 Å². The maximum Gasteiger partial charge on any atom is 0.246 e. The van der Waals surface area contributed by atoms with Gasteiger partial charge in [-0.05, 0) is 37.1 Å². The highest BCUT2D eigenvalue weighted by molar-refractivity contribution is 7.16. The minimum Gasteiger partial charge on any atom is -0.369 e. The Hall–Kier alpha value is -2.47. The molecule has 2 heterocycles. The van der Waals surface area contributed by atoms with Gasteiger partial charge in [0.15, 0.2) is 0 Å². The molecule has 130 valence electrons. The van der Waals surface area contributed by atoms with E-state index in [2.05, 4.69) is 0 Å². The number of rotatable bonds is 4. The summed E-state index contributed by atoms with van der Waals surface area (Å²) in [5, 5.41) is 0. The van der Waals surface area contributed by atoms with Crippen LogP contribution in [0.5, 0.6) is 0 Å². The average molecular weight is 358 g/mol. The van der Waals surface area contributed by atoms with E-state index in [4.69, 9.17) is 5.73 Å². The molecule has 0 saturated carbocycles. The van der Waals surface area contributed by atoms with Crippen LogP contribution in [0.25, 0.3) is 16.5 Å². The molecule has 2 aromatic rings. The van der Waals surface area contributed by atoms with Crippen molar-refractivity contribution in [2.45, 2.75) is 12.8 Å². The van der Waals surface area contributed by atoms with E-state index in [1.54, 1.807) is 29.2 Å². The second-order valence-corrected chi connectivity index (χ2v) is 7.16. The molecule has 1 unspecified atom stereocenters. The second kappa shape index (κ2) is 7.61. The maximum atomic E-state index is 13.8. The fourth-order valence-electron chi connectivity index (χ4n) is 2.92. The summed E-state index contributed by atoms with van der Waals surface area (Å²) < 4.78 is 13.8. The van der Waals surface area contributed by atoms with E-state index in [0.29, 0.717) is 18.7 Å². The minimum absolute atomic E-state index is 0.133. The zero-order valence-electron chi connectivity index (χ0n) is 13.7. The number of amides is 2. The molecule has 1 atom stereocenters. The molecular weight excluding hydrogens is 339 g/mol. The molecule has 1 aromatic carbocycles. The van der Waals surface area contributed by atoms with E-state index in [9.17, 15) is 14.0 Å². The lowest BCUT2D eigenvalue weighted by Gasteiger charge is -2.30. The van der Waals surface area contributed by atoms with E-state index >= 15 is 0 Å². The topological polar surface area (TPSA) is 63.4 Å². The predicted molar refractivity (Wildman–Crippen MR) is 97.2 cm³/mol. The number of nitrogens with two attached hydrogens (primary N) is 1. The van der Waals surface area contributed by atoms with Crippen molar-refractivity contribution in [1.29, 1.82) is 0 Å². The molecule has 3 rings (SSSR count). The summed E-state index contributed by atoms with van der Waals surface area (Å²) in [4.78, 5) is 26.9. The number of carbonyl (C=O) groups is 2. The Morgan fingerprint density at radius 2 is 2.04 bits per heavy atom. The van der Waals surface area contributed by atoms with Crippen molar-refractivity contribution in [3.8, 4) is 10.4 Å². The molecule has 1 aromatic heterocycles. The first-order valence-electron chi connectivity index (χ1n) is 8.15. The molecule has 1 aliphatic heterocycles. The summed E-state index contributed by atoms with van der Waals surface area (Å²) in [5.41, 5.74) is 5.90. The number of hydrogen-bond donors (Lipinski definition) is 1. The van der Waals surface area contributed by atoms with Crippen LogP contribution in [0, 0.1) is 11.7 Å². The van der Waals surface area contributed by atoms with Crippen LogP contribution in [0.2, 0.25) is 0 Å². The van der Waals surface area contributed by atoms with Crippen molar-refractivity contribution in [2.75, 3.05) is 13.1 Å². The van der Waals surface area contributed by atoms with Crippen LogP contribution < -0.4 is 5.73 Å². The molecule has 2 N–H and O–H groups in total. The number of nitrogens with zero attached hydrogens (tertiary/aromatic N) is 1. The highest BCUT2D eigenvalue weighted by Crippen LogP contribution is 2.30. The highest BCUT2D eigenvalue weighted by atomic mass is 32.1. The Balaban J connectivity index is 1.67. The predicted octanol–water partition coefficient (Wildman–Crippen LogP) is 3.29. The second-order valence-electron chi connectivity index (χ2n) is 6.04. The Kier molecular flexibility index (Phi) is 5.28. The van der Waals surface area contributed by atoms with Crippen LogP contribution in [-0.2, 0) is 9.59 Å². The van der Waals surface area contributed by atoms with Crippen LogP contribution in [0.15, 0.2) is 42.5 Å². The monoisotopic (exact) mass is 358 g/mol. The molecular formula is C19H19FN2O2S. The summed E-state index contributed by atoms with van der Waals surface area (Å²) in [6, 6.07) is 10.3. The normalized spacial score (nSPS) is 17.8. The van der Waals surface area contributed by atoms with Gasteiger partial charge in [-0.15, -0.1) is 11.3 Å². The van der Waals surface area contributed by atoms with Crippen LogP contribution in [0.3, 0.4) is 0 Å². The van der Waals surface area contributed by atoms with Gasteiger partial charge in [0.25, 0.3) is 0 Å². The number of halogens is 1. The van der Waals surface area contributed by atoms with Gasteiger partial charge in [0.2, 0.25) is 11.8 Å². The van der Waals surface area contributed by atoms with Gasteiger partial charge in [0, 0.05) is 34.5 Å². The van der Waals surface area contributed by atoms with Gasteiger partial charge >= 0.3 is 0 Å². The van der Waals surface area contributed by atoms with Gasteiger partial charge in [-0.3, -0.25) is 9.59 Å². The van der Waals surface area contributed by atoms with Gasteiger partial charge in [-0.25, -0.2) is 4.39 Å². The number of likely N-dealkylation sites (tertiary alicyclic amines) is 1. The fraction of sp³-hybridized carbons (Fsp3) is 0.263. The Bertz CT molecular complexity index is 815. The fourth-order valence-corrected chi connectivity index (χ4v) is 3.85. The van der Waals surface area contributed by atoms with Crippen LogP contribution in [0.4, 0.5) is 4.39 Å². The van der Waals surface area contributed by atoms with Crippen molar-refractivity contribution in [3.63, 3.8) is 0 Å². The SMILES string of the molecule is NC(=O)C1CCCN(C(=O)/C=C/c2ccc(-c3ccccc3F)s2)C1. The number of hydrogen-bond acceptors (Lipinski definition) is 3. The Morgan fingerprint density at radius 1 is 1.24 bits per heavy atom. The lowest BCUT2D eigenvalue weighted by molar-refractivity contribution is -0.130. The summed E-state index contributed by atoms with van der Waals surface area (Å²) in [5.74, 6) is -1.01. The molecule has 0 bridgehead atoms. The molecule has 4 nitrogen and oxygen atoms in total. The van der Waals surface area contributed by atoms with E-state index < -0.39 is 0 Å². The zero-order valence-corrected chi connectivity index (χ0v) is 14.5. The van der Waals surface area contributed by atoms with Crippen LogP contribution in [-0.4, -0.2) is 29.8 Å². The molecule has 0 spiro atoms. The molecule has 2 amide bonds. The number of benzene rings is 1. The number of thiophene rings is 1. The maximum absolute atomic E-state index is 13.8. The Labute approximate surface area is 149 Å². The number of carbonyl (C=O) groups excluding carboxylic acids is 2. The molecule has 25 heavy (non-hydrogen) atoms. The van der Waals surface area contributed by atoms with E-state index in [1.807, 2.05) is 12.1 Å². The van der Waals surface area contributed by atoms with Crippen LogP contribution in [0.1, 0.15) is 17.7 Å². The Morgan fingerprint density at radius 3 is 2.80 bits per heavy atom. The van der Waals surface area contributed by atoms with Gasteiger partial charge in [-0.2, -0.15) is 0 Å². The zero-order chi connectivity index (χ0) is 17.8. The van der Waals surface area contributed by atoms with E-state index in [0.717, 1.165) is 22.6 Å². The highest BCUT2D eigenvalue weighted by Gasteiger charge is 2.25. The standard InChI is InChI=1S/C19H19FN2O2S/c20-16-6-2-1-5-15(16)17-9-7-14(25-17)8-10-18(23)22-11-3-4-13(12-22)19(21)24/h1-2,5-10,13H,3-4,11-12H2,(H2,21,24)/b10-8+. The van der Waals surface area contributed by atoms with Gasteiger partial charge in [0.1, 0.15) is 5.82 Å². The van der Waals surface area contributed by atoms with E-state index in [1.165, 1.54) is 23.5 Å². The number of piperidine rings is 1. The van der Waals surface area contributed by atoms with E-state index in [-0.39, 0.29) is 23.5 Å². The summed E-state index contributed by atoms with van der Waals surface area (Å²) in [6.45, 7) is 1.02. The summed E-state index contributed by atoms with van der Waals surface area (Å²) in [7, 11) is 0. The molecule has 1 fully saturated rings. The van der Waals surface area contributed by atoms with Crippen molar-refractivity contribution in [1.82, 2.24) is 4.90 Å². The van der Waals surface area contributed by atoms with Crippen molar-refractivity contribution in [3.05, 3.63) is 53.2 Å². The summed E-state index contributed by atoms with van der Waals surface area (Å²) in [6.07, 6.45) is 4.74. The van der Waals surface area contributed by atoms with Crippen molar-refractivity contribution < 1.29 is 14.0 Å². The number of primary amides is 1. The molecule has 1 saturated heterocycles. The quantitative estimate of drug-likeness (QED) is 0.853. The third-order valence-electron chi connectivity index (χ3n) is 4.29. The largest absolute Gasteiger partial charge is 0.369 e. The average Bonchev–Trinajstić information content (AvgIpc) is 3.09. The first-order chi connectivity index (χ1) is 12.0. The molecule has 0 radical (unpaired) electrons. The molecule has 6 heteroatoms. The van der Waals surface area contributed by atoms with Gasteiger partial charge in [-0.1, -0.05) is 18.2 Å². The van der Waals surface area contributed by atoms with Crippen LogP contribution >= 0.6 is 11.3 Å². The van der Waals surface area contributed by atoms with Crippen molar-refractivity contribution in [2.24, 2.45) is 11.7 Å². The first-order valence-corrected chi connectivity index (χ1v) is 8.97. The lowest BCUT2D eigenvalue weighted by Crippen LogP contribution is -2.43. The lowest BCUT2D eigenvalue weighted by atomic mass is 9.97. The molecule has 1 aliphatic rings. The van der Waals surface area contributed by atoms with Gasteiger partial charge in [0.05, 0.1) is 5.92 Å². The van der Waals surface area contributed by atoms with Gasteiger partial charge < -0.3 is 10.6 Å². The summed E-state index contributed by atoms with van der Waals surface area (Å²) >= 11 is 1.42. The molecule has 0 aliphatic carbocycles. The minimum atomic E-state index is -0.353.